The first-order valence-electron chi connectivity index (χ1n) is 9.88. The van der Waals surface area contributed by atoms with Gasteiger partial charge in [0.25, 0.3) is 6.47 Å². The van der Waals surface area contributed by atoms with Gasteiger partial charge in [-0.3, -0.25) is 33.6 Å². The summed E-state index contributed by atoms with van der Waals surface area (Å²) in [5.74, 6) is -1.83. The number of carboxylic acids is 1. The lowest BCUT2D eigenvalue weighted by atomic mass is 9.97. The molecule has 0 aliphatic carbocycles. The molecule has 2 aliphatic rings. The van der Waals surface area contributed by atoms with Gasteiger partial charge in [0, 0.05) is 32.2 Å². The minimum absolute atomic E-state index is 0.204. The maximum atomic E-state index is 12.8. The van der Waals surface area contributed by atoms with E-state index < -0.39 is 17.9 Å². The standard InChI is InChI=1S/C19H22N4O5.CH2O2/c1-21-15-10-12(22-8-6-11(7-9-22)18(26)27)2-3-13(15)23(19(21)28)14-4-5-16(24)20-17(14)25;2-1-3/h2-3,10-11,14H,4-9H2,1H3,(H,26,27)(H,20,24,25);1H,(H,2,3). The Kier molecular flexibility index (Phi) is 6.42. The van der Waals surface area contributed by atoms with Crippen molar-refractivity contribution in [1.82, 2.24) is 14.5 Å². The van der Waals surface area contributed by atoms with Gasteiger partial charge in [0.05, 0.1) is 17.0 Å². The van der Waals surface area contributed by atoms with Gasteiger partial charge in [0.2, 0.25) is 11.8 Å². The lowest BCUT2D eigenvalue weighted by molar-refractivity contribution is -0.142. The van der Waals surface area contributed by atoms with E-state index >= 15 is 0 Å². The van der Waals surface area contributed by atoms with Crippen molar-refractivity contribution in [2.24, 2.45) is 13.0 Å². The van der Waals surface area contributed by atoms with Gasteiger partial charge in [-0.1, -0.05) is 0 Å². The fraction of sp³-hybridized carbons (Fsp3) is 0.450. The minimum Gasteiger partial charge on any atom is -0.483 e. The topological polar surface area (TPSA) is 151 Å². The number of aryl methyl sites for hydroxylation is 1. The number of benzene rings is 1. The van der Waals surface area contributed by atoms with E-state index in [0.29, 0.717) is 43.4 Å². The molecule has 3 heterocycles. The van der Waals surface area contributed by atoms with Gasteiger partial charge >= 0.3 is 11.7 Å². The highest BCUT2D eigenvalue weighted by Gasteiger charge is 2.31. The summed E-state index contributed by atoms with van der Waals surface area (Å²) in [5, 5.41) is 18.3. The van der Waals surface area contributed by atoms with Gasteiger partial charge in [-0.05, 0) is 37.5 Å². The summed E-state index contributed by atoms with van der Waals surface area (Å²) in [6, 6.07) is 4.91. The van der Waals surface area contributed by atoms with Gasteiger partial charge in [-0.2, -0.15) is 0 Å². The van der Waals surface area contributed by atoms with Gasteiger partial charge in [-0.25, -0.2) is 4.79 Å². The molecule has 2 amide bonds. The molecular weight excluding hydrogens is 408 g/mol. The van der Waals surface area contributed by atoms with Gasteiger partial charge in [0.1, 0.15) is 6.04 Å². The van der Waals surface area contributed by atoms with Crippen LogP contribution in [0.3, 0.4) is 0 Å². The Morgan fingerprint density at radius 1 is 1.13 bits per heavy atom. The molecule has 31 heavy (non-hydrogen) atoms. The molecule has 3 N–H and O–H groups in total. The summed E-state index contributed by atoms with van der Waals surface area (Å²) in [4.78, 5) is 58.1. The first kappa shape index (κ1) is 22.1. The zero-order chi connectivity index (χ0) is 22.7. The number of rotatable bonds is 3. The van der Waals surface area contributed by atoms with Crippen molar-refractivity contribution in [1.29, 1.82) is 0 Å². The molecule has 1 aromatic heterocycles. The smallest absolute Gasteiger partial charge is 0.329 e. The number of nitrogens with zero attached hydrogens (tertiary/aromatic N) is 3. The van der Waals surface area contributed by atoms with Crippen LogP contribution in [0.15, 0.2) is 23.0 Å². The van der Waals surface area contributed by atoms with Crippen molar-refractivity contribution < 1.29 is 29.4 Å². The van der Waals surface area contributed by atoms with E-state index in [0.717, 1.165) is 5.69 Å². The van der Waals surface area contributed by atoms with Crippen LogP contribution in [0.1, 0.15) is 31.7 Å². The van der Waals surface area contributed by atoms with Crippen LogP contribution < -0.4 is 15.9 Å². The number of imide groups is 1. The normalized spacial score (nSPS) is 19.5. The number of hydrogen-bond acceptors (Lipinski definition) is 6. The van der Waals surface area contributed by atoms with E-state index in [9.17, 15) is 19.2 Å². The molecule has 4 rings (SSSR count). The van der Waals surface area contributed by atoms with Crippen LogP contribution in [0.25, 0.3) is 11.0 Å². The Balaban J connectivity index is 0.000000858. The average molecular weight is 432 g/mol. The summed E-state index contributed by atoms with van der Waals surface area (Å²) in [5.41, 5.74) is 1.97. The number of hydrogen-bond donors (Lipinski definition) is 3. The third kappa shape index (κ3) is 4.30. The molecule has 0 bridgehead atoms. The number of anilines is 1. The second-order valence-electron chi connectivity index (χ2n) is 7.56. The molecule has 2 saturated heterocycles. The monoisotopic (exact) mass is 432 g/mol. The highest BCUT2D eigenvalue weighted by molar-refractivity contribution is 6.00. The number of piperidine rings is 2. The molecule has 2 aliphatic heterocycles. The van der Waals surface area contributed by atoms with Crippen LogP contribution in [-0.2, 0) is 26.2 Å². The number of carbonyl (C=O) groups is 4. The SMILES string of the molecule is Cn1c(=O)n(C2CCC(=O)NC2=O)c2ccc(N3CCC(C(=O)O)CC3)cc21.O=CO. The van der Waals surface area contributed by atoms with Crippen molar-refractivity contribution >= 4 is 41.0 Å². The molecular formula is C20H24N4O7. The largest absolute Gasteiger partial charge is 0.483 e. The molecule has 0 saturated carbocycles. The van der Waals surface area contributed by atoms with Crippen LogP contribution in [0.5, 0.6) is 0 Å². The van der Waals surface area contributed by atoms with Crippen LogP contribution in [-0.4, -0.2) is 56.7 Å². The van der Waals surface area contributed by atoms with Crippen molar-refractivity contribution in [3.05, 3.63) is 28.7 Å². The summed E-state index contributed by atoms with van der Waals surface area (Å²) in [7, 11) is 1.66. The molecule has 0 radical (unpaired) electrons. The Labute approximate surface area is 176 Å². The molecule has 2 aromatic rings. The summed E-state index contributed by atoms with van der Waals surface area (Å²) >= 11 is 0. The van der Waals surface area contributed by atoms with Crippen molar-refractivity contribution in [3.8, 4) is 0 Å². The lowest BCUT2D eigenvalue weighted by Gasteiger charge is -2.32. The van der Waals surface area contributed by atoms with E-state index in [1.54, 1.807) is 7.05 Å². The van der Waals surface area contributed by atoms with Crippen LogP contribution >= 0.6 is 0 Å². The fourth-order valence-corrected chi connectivity index (χ4v) is 4.16. The zero-order valence-electron chi connectivity index (χ0n) is 17.0. The molecule has 1 aromatic carbocycles. The number of imidazole rings is 1. The van der Waals surface area contributed by atoms with E-state index in [4.69, 9.17) is 15.0 Å². The maximum Gasteiger partial charge on any atom is 0.329 e. The second-order valence-corrected chi connectivity index (χ2v) is 7.56. The Bertz CT molecular complexity index is 1080. The third-order valence-corrected chi connectivity index (χ3v) is 5.80. The number of fused-ring (bicyclic) bond motifs is 1. The average Bonchev–Trinajstić information content (AvgIpc) is 2.99. The van der Waals surface area contributed by atoms with E-state index in [-0.39, 0.29) is 30.4 Å². The quantitative estimate of drug-likeness (QED) is 0.463. The number of amides is 2. The maximum absolute atomic E-state index is 12.8. The van der Waals surface area contributed by atoms with E-state index in [1.165, 1.54) is 9.13 Å². The highest BCUT2D eigenvalue weighted by atomic mass is 16.4. The molecule has 1 atom stereocenters. The van der Waals surface area contributed by atoms with Crippen molar-refractivity contribution in [3.63, 3.8) is 0 Å². The molecule has 1 unspecified atom stereocenters. The summed E-state index contributed by atoms with van der Waals surface area (Å²) < 4.78 is 2.96. The molecule has 0 spiro atoms. The molecule has 2 fully saturated rings. The Hall–Kier alpha value is -3.63. The molecule has 11 nitrogen and oxygen atoms in total. The molecule has 166 valence electrons. The van der Waals surface area contributed by atoms with Crippen molar-refractivity contribution in [2.75, 3.05) is 18.0 Å². The minimum atomic E-state index is -0.751. The summed E-state index contributed by atoms with van der Waals surface area (Å²) in [6.45, 7) is 1.04. The first-order valence-corrected chi connectivity index (χ1v) is 9.88. The second kappa shape index (κ2) is 9.02. The van der Waals surface area contributed by atoms with E-state index in [1.807, 2.05) is 18.2 Å². The number of carbonyl (C=O) groups excluding carboxylic acids is 2. The van der Waals surface area contributed by atoms with Gasteiger partial charge in [-0.15, -0.1) is 0 Å². The van der Waals surface area contributed by atoms with E-state index in [2.05, 4.69) is 10.2 Å². The number of nitrogens with one attached hydrogen (secondary N) is 1. The Morgan fingerprint density at radius 2 is 1.77 bits per heavy atom. The number of carboxylic acid groups (broad SMARTS) is 2. The third-order valence-electron chi connectivity index (χ3n) is 5.80. The highest BCUT2D eigenvalue weighted by Crippen LogP contribution is 2.28. The lowest BCUT2D eigenvalue weighted by Crippen LogP contribution is -2.44. The van der Waals surface area contributed by atoms with Gasteiger partial charge < -0.3 is 15.1 Å². The van der Waals surface area contributed by atoms with Crippen LogP contribution in [0.2, 0.25) is 0 Å². The predicted octanol–water partition coefficient (Wildman–Crippen LogP) is 0.320. The van der Waals surface area contributed by atoms with Crippen LogP contribution in [0, 0.1) is 5.92 Å². The Morgan fingerprint density at radius 3 is 2.35 bits per heavy atom. The summed E-state index contributed by atoms with van der Waals surface area (Å²) in [6.07, 6.45) is 1.68. The van der Waals surface area contributed by atoms with Crippen molar-refractivity contribution in [2.45, 2.75) is 31.7 Å². The fourth-order valence-electron chi connectivity index (χ4n) is 4.16. The zero-order valence-corrected chi connectivity index (χ0v) is 17.0. The van der Waals surface area contributed by atoms with Gasteiger partial charge in [0.15, 0.2) is 0 Å². The predicted molar refractivity (Wildman–Crippen MR) is 110 cm³/mol. The number of aromatic nitrogens is 2. The number of aliphatic carboxylic acids is 1. The van der Waals surface area contributed by atoms with Crippen LogP contribution in [0.4, 0.5) is 5.69 Å². The molecule has 11 heteroatoms. The first-order chi connectivity index (χ1) is 14.8.